The molecule has 8 nitrogen and oxygen atoms in total. The molecular weight excluding hydrogens is 444 g/mol. The number of ether oxygens (including phenoxy) is 1. The van der Waals surface area contributed by atoms with Gasteiger partial charge >= 0.3 is 0 Å². The second-order valence-electron chi connectivity index (χ2n) is 8.16. The lowest BCUT2D eigenvalue weighted by Crippen LogP contribution is -2.40. The zero-order valence-corrected chi connectivity index (χ0v) is 19.6. The van der Waals surface area contributed by atoms with Crippen molar-refractivity contribution in [1.29, 1.82) is 0 Å². The first-order valence-electron chi connectivity index (χ1n) is 11.5. The number of rotatable bonds is 7. The van der Waals surface area contributed by atoms with Gasteiger partial charge in [-0.15, -0.1) is 0 Å². The largest absolute Gasteiger partial charge is 0.378 e. The fourth-order valence-electron chi connectivity index (χ4n) is 3.76. The summed E-state index contributed by atoms with van der Waals surface area (Å²) in [6.45, 7) is 2.29. The van der Waals surface area contributed by atoms with Crippen LogP contribution in [-0.2, 0) is 9.53 Å². The van der Waals surface area contributed by atoms with Gasteiger partial charge in [-0.25, -0.2) is 0 Å². The SMILES string of the molecule is CN(C(=O)c1cccc(NCC(=O)Nc2ccc(C(=O)N3CCOCC3)cc2)c1)c1ccccc1. The highest BCUT2D eigenvalue weighted by Gasteiger charge is 2.18. The van der Waals surface area contributed by atoms with Crippen molar-refractivity contribution in [3.63, 3.8) is 0 Å². The molecule has 0 aliphatic carbocycles. The van der Waals surface area contributed by atoms with Gasteiger partial charge in [0.15, 0.2) is 0 Å². The van der Waals surface area contributed by atoms with Crippen molar-refractivity contribution >= 4 is 34.8 Å². The first kappa shape index (κ1) is 24.0. The number of carbonyl (C=O) groups is 3. The fourth-order valence-corrected chi connectivity index (χ4v) is 3.76. The van der Waals surface area contributed by atoms with E-state index in [0.29, 0.717) is 48.8 Å². The fraction of sp³-hybridized carbons (Fsp3) is 0.222. The maximum atomic E-state index is 12.8. The van der Waals surface area contributed by atoms with Gasteiger partial charge in [-0.05, 0) is 54.6 Å². The summed E-state index contributed by atoms with van der Waals surface area (Å²) < 4.78 is 5.28. The summed E-state index contributed by atoms with van der Waals surface area (Å²) in [7, 11) is 1.73. The Morgan fingerprint density at radius 3 is 2.29 bits per heavy atom. The van der Waals surface area contributed by atoms with Crippen LogP contribution in [-0.4, -0.2) is 62.5 Å². The maximum absolute atomic E-state index is 12.8. The van der Waals surface area contributed by atoms with Gasteiger partial charge in [0.2, 0.25) is 5.91 Å². The number of benzene rings is 3. The number of morpholine rings is 1. The molecule has 0 saturated carbocycles. The Balaban J connectivity index is 1.30. The van der Waals surface area contributed by atoms with E-state index >= 15 is 0 Å². The van der Waals surface area contributed by atoms with Gasteiger partial charge in [0.25, 0.3) is 11.8 Å². The van der Waals surface area contributed by atoms with Crippen LogP contribution in [0.2, 0.25) is 0 Å². The number of hydrogen-bond acceptors (Lipinski definition) is 5. The Morgan fingerprint density at radius 2 is 1.57 bits per heavy atom. The van der Waals surface area contributed by atoms with Crippen LogP contribution in [0.5, 0.6) is 0 Å². The maximum Gasteiger partial charge on any atom is 0.258 e. The Hall–Kier alpha value is -4.17. The molecule has 3 aromatic carbocycles. The van der Waals surface area contributed by atoms with Gasteiger partial charge in [0, 0.05) is 48.3 Å². The molecule has 1 aliphatic heterocycles. The summed E-state index contributed by atoms with van der Waals surface area (Å²) >= 11 is 0. The molecule has 4 rings (SSSR count). The highest BCUT2D eigenvalue weighted by Crippen LogP contribution is 2.18. The van der Waals surface area contributed by atoms with Crippen LogP contribution < -0.4 is 15.5 Å². The van der Waals surface area contributed by atoms with Gasteiger partial charge in [-0.2, -0.15) is 0 Å². The molecule has 1 saturated heterocycles. The number of nitrogens with zero attached hydrogens (tertiary/aromatic N) is 2. The Bertz CT molecular complexity index is 1180. The van der Waals surface area contributed by atoms with Gasteiger partial charge in [-0.3, -0.25) is 14.4 Å². The van der Waals surface area contributed by atoms with Crippen LogP contribution in [0.25, 0.3) is 0 Å². The molecule has 2 N–H and O–H groups in total. The molecular formula is C27H28N4O4. The lowest BCUT2D eigenvalue weighted by atomic mass is 10.1. The van der Waals surface area contributed by atoms with E-state index in [4.69, 9.17) is 4.74 Å². The van der Waals surface area contributed by atoms with Crippen molar-refractivity contribution < 1.29 is 19.1 Å². The van der Waals surface area contributed by atoms with E-state index in [2.05, 4.69) is 10.6 Å². The molecule has 1 aliphatic rings. The topological polar surface area (TPSA) is 91.0 Å². The van der Waals surface area contributed by atoms with Gasteiger partial charge in [0.05, 0.1) is 19.8 Å². The minimum atomic E-state index is -0.240. The summed E-state index contributed by atoms with van der Waals surface area (Å²) in [5.74, 6) is -0.424. The Morgan fingerprint density at radius 1 is 0.857 bits per heavy atom. The van der Waals surface area contributed by atoms with E-state index < -0.39 is 0 Å². The van der Waals surface area contributed by atoms with E-state index in [1.807, 2.05) is 30.3 Å². The summed E-state index contributed by atoms with van der Waals surface area (Å²) in [6, 6.07) is 23.3. The monoisotopic (exact) mass is 472 g/mol. The minimum Gasteiger partial charge on any atom is -0.378 e. The predicted molar refractivity (Wildman–Crippen MR) is 136 cm³/mol. The third kappa shape index (κ3) is 6.24. The summed E-state index contributed by atoms with van der Waals surface area (Å²) in [6.07, 6.45) is 0. The Kier molecular flexibility index (Phi) is 7.74. The van der Waals surface area contributed by atoms with E-state index in [0.717, 1.165) is 5.69 Å². The summed E-state index contributed by atoms with van der Waals surface area (Å²) in [5.41, 5.74) is 3.16. The highest BCUT2D eigenvalue weighted by molar-refractivity contribution is 6.06. The first-order valence-corrected chi connectivity index (χ1v) is 11.5. The Labute approximate surface area is 204 Å². The van der Waals surface area contributed by atoms with Gasteiger partial charge < -0.3 is 25.2 Å². The number of anilines is 3. The molecule has 0 bridgehead atoms. The van der Waals surface area contributed by atoms with Crippen LogP contribution in [0.15, 0.2) is 78.9 Å². The smallest absolute Gasteiger partial charge is 0.258 e. The van der Waals surface area contributed by atoms with E-state index in [-0.39, 0.29) is 24.3 Å². The highest BCUT2D eigenvalue weighted by atomic mass is 16.5. The van der Waals surface area contributed by atoms with Crippen molar-refractivity contribution in [2.24, 2.45) is 0 Å². The second-order valence-corrected chi connectivity index (χ2v) is 8.16. The zero-order chi connectivity index (χ0) is 24.6. The number of hydrogen-bond donors (Lipinski definition) is 2. The molecule has 0 unspecified atom stereocenters. The van der Waals surface area contributed by atoms with Crippen molar-refractivity contribution in [3.8, 4) is 0 Å². The van der Waals surface area contributed by atoms with Crippen LogP contribution in [0.4, 0.5) is 17.1 Å². The lowest BCUT2D eigenvalue weighted by molar-refractivity contribution is -0.114. The number of amides is 3. The first-order chi connectivity index (χ1) is 17.0. The molecule has 1 heterocycles. The quantitative estimate of drug-likeness (QED) is 0.549. The molecule has 0 aromatic heterocycles. The third-order valence-corrected chi connectivity index (χ3v) is 5.72. The number of para-hydroxylation sites is 1. The van der Waals surface area contributed by atoms with E-state index in [1.54, 1.807) is 65.4 Å². The molecule has 8 heteroatoms. The standard InChI is InChI=1S/C27H28N4O4/c1-30(24-8-3-2-4-9-24)26(33)21-6-5-7-23(18-21)28-19-25(32)29-22-12-10-20(11-13-22)27(34)31-14-16-35-17-15-31/h2-13,18,28H,14-17,19H2,1H3,(H,29,32). The van der Waals surface area contributed by atoms with Crippen molar-refractivity contribution in [3.05, 3.63) is 90.0 Å². The zero-order valence-electron chi connectivity index (χ0n) is 19.6. The normalized spacial score (nSPS) is 13.1. The average Bonchev–Trinajstić information content (AvgIpc) is 2.92. The number of carbonyl (C=O) groups excluding carboxylic acids is 3. The van der Waals surface area contributed by atoms with Crippen LogP contribution in [0.1, 0.15) is 20.7 Å². The van der Waals surface area contributed by atoms with Crippen LogP contribution in [0, 0.1) is 0 Å². The van der Waals surface area contributed by atoms with Crippen molar-refractivity contribution in [2.45, 2.75) is 0 Å². The molecule has 180 valence electrons. The van der Waals surface area contributed by atoms with Gasteiger partial charge in [0.1, 0.15) is 0 Å². The number of nitrogens with one attached hydrogen (secondary N) is 2. The molecule has 1 fully saturated rings. The van der Waals surface area contributed by atoms with Crippen LogP contribution in [0.3, 0.4) is 0 Å². The summed E-state index contributed by atoms with van der Waals surface area (Å²) in [5, 5.41) is 5.87. The molecule has 0 atom stereocenters. The minimum absolute atomic E-state index is 0.0284. The third-order valence-electron chi connectivity index (χ3n) is 5.72. The van der Waals surface area contributed by atoms with Gasteiger partial charge in [-0.1, -0.05) is 24.3 Å². The molecule has 0 radical (unpaired) electrons. The van der Waals surface area contributed by atoms with E-state index in [1.165, 1.54) is 0 Å². The van der Waals surface area contributed by atoms with Crippen LogP contribution >= 0.6 is 0 Å². The van der Waals surface area contributed by atoms with Crippen molar-refractivity contribution in [2.75, 3.05) is 55.4 Å². The molecule has 0 spiro atoms. The molecule has 3 amide bonds. The second kappa shape index (κ2) is 11.3. The predicted octanol–water partition coefficient (Wildman–Crippen LogP) is 3.49. The van der Waals surface area contributed by atoms with E-state index in [9.17, 15) is 14.4 Å². The molecule has 35 heavy (non-hydrogen) atoms. The van der Waals surface area contributed by atoms with Crippen molar-refractivity contribution in [1.82, 2.24) is 4.90 Å². The average molecular weight is 473 g/mol. The molecule has 3 aromatic rings. The summed E-state index contributed by atoms with van der Waals surface area (Å²) in [4.78, 5) is 41.1. The lowest BCUT2D eigenvalue weighted by Gasteiger charge is -2.26.